The Balaban J connectivity index is 2.23. The Morgan fingerprint density at radius 1 is 1.24 bits per heavy atom. The van der Waals surface area contributed by atoms with E-state index in [0.717, 1.165) is 18.3 Å². The first-order valence-electron chi connectivity index (χ1n) is 8.12. The van der Waals surface area contributed by atoms with Crippen LogP contribution in [0.5, 0.6) is 0 Å². The standard InChI is InChI=1S/C19H28O2/c1-12(11-20)6-5-7-17-13(2)8-9-16-10-14(3)19(21)15(4)18(16)17/h5-9,11,13-19,21H,10H2,1-4H3/b7-5+,12-6+/t13-,14+,15-,16-,17-,18-,19-/m0/s1. The van der Waals surface area contributed by atoms with Crippen molar-refractivity contribution in [1.29, 1.82) is 0 Å². The summed E-state index contributed by atoms with van der Waals surface area (Å²) in [6.07, 6.45) is 12.6. The summed E-state index contributed by atoms with van der Waals surface area (Å²) in [5.41, 5.74) is 0.743. The highest BCUT2D eigenvalue weighted by Gasteiger charge is 2.44. The molecular weight excluding hydrogens is 260 g/mol. The molecule has 0 aliphatic heterocycles. The van der Waals surface area contributed by atoms with Gasteiger partial charge in [-0.2, -0.15) is 0 Å². The smallest absolute Gasteiger partial charge is 0.145 e. The van der Waals surface area contributed by atoms with E-state index in [0.29, 0.717) is 35.5 Å². The van der Waals surface area contributed by atoms with Crippen molar-refractivity contribution in [3.05, 3.63) is 36.0 Å². The van der Waals surface area contributed by atoms with Crippen LogP contribution in [0.25, 0.3) is 0 Å². The van der Waals surface area contributed by atoms with Crippen LogP contribution in [0.3, 0.4) is 0 Å². The van der Waals surface area contributed by atoms with Gasteiger partial charge in [0.15, 0.2) is 0 Å². The van der Waals surface area contributed by atoms with Gasteiger partial charge in [-0.3, -0.25) is 4.79 Å². The third-order valence-electron chi connectivity index (χ3n) is 5.46. The molecule has 0 radical (unpaired) electrons. The molecule has 116 valence electrons. The minimum Gasteiger partial charge on any atom is -0.393 e. The molecule has 0 heterocycles. The van der Waals surface area contributed by atoms with Crippen molar-refractivity contribution >= 4 is 6.29 Å². The van der Waals surface area contributed by atoms with Crippen LogP contribution in [0.2, 0.25) is 0 Å². The molecule has 7 atom stereocenters. The topological polar surface area (TPSA) is 37.3 Å². The lowest BCUT2D eigenvalue weighted by Crippen LogP contribution is -2.46. The Hall–Kier alpha value is -1.15. The Labute approximate surface area is 128 Å². The van der Waals surface area contributed by atoms with Gasteiger partial charge in [0.05, 0.1) is 6.10 Å². The molecule has 0 aromatic rings. The van der Waals surface area contributed by atoms with Gasteiger partial charge < -0.3 is 5.11 Å². The second kappa shape index (κ2) is 6.74. The number of hydrogen-bond donors (Lipinski definition) is 1. The van der Waals surface area contributed by atoms with Crippen LogP contribution in [-0.4, -0.2) is 17.5 Å². The maximum Gasteiger partial charge on any atom is 0.145 e. The molecular formula is C19H28O2. The fourth-order valence-corrected chi connectivity index (χ4v) is 4.18. The van der Waals surface area contributed by atoms with E-state index in [2.05, 4.69) is 39.0 Å². The minimum absolute atomic E-state index is 0.201. The zero-order chi connectivity index (χ0) is 15.6. The zero-order valence-corrected chi connectivity index (χ0v) is 13.6. The second-order valence-corrected chi connectivity index (χ2v) is 7.04. The average Bonchev–Trinajstić information content (AvgIpc) is 2.47. The average molecular weight is 288 g/mol. The molecule has 0 saturated heterocycles. The lowest BCUT2D eigenvalue weighted by Gasteiger charge is -2.48. The number of aliphatic hydroxyl groups excluding tert-OH is 1. The van der Waals surface area contributed by atoms with E-state index in [9.17, 15) is 9.90 Å². The van der Waals surface area contributed by atoms with Gasteiger partial charge in [-0.05, 0) is 54.4 Å². The highest BCUT2D eigenvalue weighted by atomic mass is 16.3. The lowest BCUT2D eigenvalue weighted by molar-refractivity contribution is -0.104. The fourth-order valence-electron chi connectivity index (χ4n) is 4.18. The molecule has 2 rings (SSSR count). The number of allylic oxidation sites excluding steroid dienone is 6. The number of aldehydes is 1. The predicted octanol–water partition coefficient (Wildman–Crippen LogP) is 3.78. The maximum atomic E-state index is 10.7. The van der Waals surface area contributed by atoms with Gasteiger partial charge >= 0.3 is 0 Å². The van der Waals surface area contributed by atoms with Gasteiger partial charge in [0.1, 0.15) is 6.29 Å². The molecule has 0 aromatic heterocycles. The first-order chi connectivity index (χ1) is 9.95. The summed E-state index contributed by atoms with van der Waals surface area (Å²) >= 11 is 0. The molecule has 0 spiro atoms. The molecule has 2 nitrogen and oxygen atoms in total. The summed E-state index contributed by atoms with van der Waals surface area (Å²) in [6, 6.07) is 0. The summed E-state index contributed by atoms with van der Waals surface area (Å²) < 4.78 is 0. The molecule has 0 aromatic carbocycles. The van der Waals surface area contributed by atoms with E-state index in [4.69, 9.17) is 0 Å². The summed E-state index contributed by atoms with van der Waals surface area (Å²) in [5, 5.41) is 10.4. The summed E-state index contributed by atoms with van der Waals surface area (Å²) in [5.74, 6) is 2.68. The molecule has 2 aliphatic rings. The lowest BCUT2D eigenvalue weighted by atomic mass is 9.58. The van der Waals surface area contributed by atoms with Crippen molar-refractivity contribution in [3.8, 4) is 0 Å². The Kier molecular flexibility index (Phi) is 5.21. The highest BCUT2D eigenvalue weighted by molar-refractivity contribution is 5.72. The SMILES string of the molecule is C/C(C=O)=C\C=C\[C@@H]1[C@H]2[C@H](C)[C@@H](O)[C@H](C)C[C@@H]2C=C[C@@H]1C. The number of carbonyl (C=O) groups is 1. The molecule has 1 N–H and O–H groups in total. The number of fused-ring (bicyclic) bond motifs is 1. The molecule has 2 aliphatic carbocycles. The summed E-state index contributed by atoms with van der Waals surface area (Å²) in [6.45, 7) is 8.41. The second-order valence-electron chi connectivity index (χ2n) is 7.04. The van der Waals surface area contributed by atoms with Crippen LogP contribution in [0.4, 0.5) is 0 Å². The molecule has 0 amide bonds. The number of rotatable bonds is 3. The van der Waals surface area contributed by atoms with Crippen LogP contribution in [0, 0.1) is 35.5 Å². The van der Waals surface area contributed by atoms with Crippen molar-refractivity contribution in [3.63, 3.8) is 0 Å². The van der Waals surface area contributed by atoms with E-state index in [-0.39, 0.29) is 6.10 Å². The minimum atomic E-state index is -0.201. The van der Waals surface area contributed by atoms with E-state index < -0.39 is 0 Å². The Bertz CT molecular complexity index is 460. The third-order valence-corrected chi connectivity index (χ3v) is 5.46. The van der Waals surface area contributed by atoms with Crippen LogP contribution in [0.15, 0.2) is 36.0 Å². The number of hydrogen-bond acceptors (Lipinski definition) is 2. The van der Waals surface area contributed by atoms with Crippen molar-refractivity contribution in [2.75, 3.05) is 0 Å². The normalized spacial score (nSPS) is 43.9. The van der Waals surface area contributed by atoms with Crippen molar-refractivity contribution in [2.45, 2.75) is 40.2 Å². The first-order valence-corrected chi connectivity index (χ1v) is 8.12. The van der Waals surface area contributed by atoms with Crippen LogP contribution >= 0.6 is 0 Å². The molecule has 0 bridgehead atoms. The highest BCUT2D eigenvalue weighted by Crippen LogP contribution is 2.48. The summed E-state index contributed by atoms with van der Waals surface area (Å²) in [4.78, 5) is 10.7. The van der Waals surface area contributed by atoms with E-state index >= 15 is 0 Å². The van der Waals surface area contributed by atoms with E-state index in [1.54, 1.807) is 0 Å². The molecule has 21 heavy (non-hydrogen) atoms. The molecule has 1 fully saturated rings. The van der Waals surface area contributed by atoms with Gasteiger partial charge in [0.25, 0.3) is 0 Å². The van der Waals surface area contributed by atoms with Gasteiger partial charge in [0.2, 0.25) is 0 Å². The van der Waals surface area contributed by atoms with Crippen molar-refractivity contribution in [2.24, 2.45) is 35.5 Å². The van der Waals surface area contributed by atoms with Crippen LogP contribution in [-0.2, 0) is 4.79 Å². The van der Waals surface area contributed by atoms with Crippen LogP contribution in [0.1, 0.15) is 34.1 Å². The van der Waals surface area contributed by atoms with E-state index in [1.807, 2.05) is 19.1 Å². The largest absolute Gasteiger partial charge is 0.393 e. The zero-order valence-electron chi connectivity index (χ0n) is 13.6. The number of carbonyl (C=O) groups excluding carboxylic acids is 1. The molecule has 2 heteroatoms. The van der Waals surface area contributed by atoms with E-state index in [1.165, 1.54) is 0 Å². The van der Waals surface area contributed by atoms with Gasteiger partial charge in [-0.1, -0.05) is 51.2 Å². The van der Waals surface area contributed by atoms with Crippen LogP contribution < -0.4 is 0 Å². The Morgan fingerprint density at radius 2 is 1.95 bits per heavy atom. The monoisotopic (exact) mass is 288 g/mol. The summed E-state index contributed by atoms with van der Waals surface area (Å²) in [7, 11) is 0. The fraction of sp³-hybridized carbons (Fsp3) is 0.632. The van der Waals surface area contributed by atoms with Crippen molar-refractivity contribution < 1.29 is 9.90 Å². The van der Waals surface area contributed by atoms with Gasteiger partial charge in [-0.25, -0.2) is 0 Å². The first kappa shape index (κ1) is 16.2. The quantitative estimate of drug-likeness (QED) is 0.371. The number of aliphatic hydroxyl groups is 1. The van der Waals surface area contributed by atoms with Crippen molar-refractivity contribution in [1.82, 2.24) is 0 Å². The maximum absolute atomic E-state index is 10.7. The van der Waals surface area contributed by atoms with Gasteiger partial charge in [0, 0.05) is 0 Å². The predicted molar refractivity (Wildman–Crippen MR) is 86.7 cm³/mol. The Morgan fingerprint density at radius 3 is 2.62 bits per heavy atom. The molecule has 0 unspecified atom stereocenters. The third kappa shape index (κ3) is 3.37. The molecule has 1 saturated carbocycles. The van der Waals surface area contributed by atoms with Gasteiger partial charge in [-0.15, -0.1) is 0 Å².